The molecule has 1 amide bonds. The quantitative estimate of drug-likeness (QED) is 0.293. The van der Waals surface area contributed by atoms with Gasteiger partial charge in [0, 0.05) is 11.1 Å². The minimum absolute atomic E-state index is 0.150. The lowest BCUT2D eigenvalue weighted by molar-refractivity contribution is -0.127. The summed E-state index contributed by atoms with van der Waals surface area (Å²) in [4.78, 5) is 11.3. The highest BCUT2D eigenvalue weighted by molar-refractivity contribution is 7.80. The monoisotopic (exact) mass is 142 g/mol. The third-order valence-corrected chi connectivity index (χ3v) is 1.31. The Morgan fingerprint density at radius 3 is 2.89 bits per heavy atom. The maximum absolute atomic E-state index is 10.7. The van der Waals surface area contributed by atoms with Gasteiger partial charge in [-0.15, -0.1) is 0 Å². The lowest BCUT2D eigenvalue weighted by atomic mass is 10.2. The summed E-state index contributed by atoms with van der Waals surface area (Å²) in [6, 6.07) is 0. The summed E-state index contributed by atoms with van der Waals surface area (Å²) in [5, 5.41) is 1.04. The molecule has 0 fully saturated rings. The van der Waals surface area contributed by atoms with E-state index in [1.807, 2.05) is 0 Å². The highest BCUT2D eigenvalue weighted by Gasteiger charge is 2.12. The number of allylic oxidation sites excluding steroid dienone is 1. The van der Waals surface area contributed by atoms with Gasteiger partial charge in [-0.05, 0) is 6.08 Å². The summed E-state index contributed by atoms with van der Waals surface area (Å²) in [5.74, 6) is 5.03. The van der Waals surface area contributed by atoms with E-state index in [2.05, 4.69) is 0 Å². The van der Waals surface area contributed by atoms with Crippen molar-refractivity contribution in [1.82, 2.24) is 5.01 Å². The Morgan fingerprint density at radius 2 is 2.44 bits per heavy atom. The number of hydrogen-bond donors (Lipinski definition) is 1. The molecular formula is C5H6N2OS. The first-order valence-corrected chi connectivity index (χ1v) is 2.89. The maximum atomic E-state index is 10.7. The first-order valence-electron chi connectivity index (χ1n) is 2.48. The Bertz CT molecular complexity index is 187. The van der Waals surface area contributed by atoms with Crippen molar-refractivity contribution in [2.45, 2.75) is 6.42 Å². The average Bonchev–Trinajstić information content (AvgIpc) is 1.80. The average molecular weight is 142 g/mol. The van der Waals surface area contributed by atoms with Crippen molar-refractivity contribution in [1.29, 1.82) is 0 Å². The number of thiocarbonyl (C=S) groups is 1. The molecule has 1 heterocycles. The standard InChI is InChI=1S/C5H6N2OS/c6-7-2-1-4(9)3-5(7)8/h1-2H,3,6H2. The molecule has 1 aliphatic heterocycles. The van der Waals surface area contributed by atoms with Gasteiger partial charge >= 0.3 is 0 Å². The molecule has 0 aliphatic carbocycles. The Balaban J connectivity index is 2.76. The van der Waals surface area contributed by atoms with Gasteiger partial charge in [0.1, 0.15) is 0 Å². The van der Waals surface area contributed by atoms with Gasteiger partial charge in [-0.25, -0.2) is 5.84 Å². The van der Waals surface area contributed by atoms with Crippen LogP contribution in [-0.2, 0) is 4.79 Å². The van der Waals surface area contributed by atoms with Crippen LogP contribution in [0.3, 0.4) is 0 Å². The zero-order chi connectivity index (χ0) is 6.85. The molecule has 0 bridgehead atoms. The first kappa shape index (κ1) is 6.38. The molecule has 2 N–H and O–H groups in total. The normalized spacial score (nSPS) is 19.0. The van der Waals surface area contributed by atoms with Crippen LogP contribution in [0.2, 0.25) is 0 Å². The van der Waals surface area contributed by atoms with Crippen molar-refractivity contribution in [3.05, 3.63) is 12.3 Å². The number of hydrazine groups is 1. The molecule has 9 heavy (non-hydrogen) atoms. The Morgan fingerprint density at radius 1 is 1.78 bits per heavy atom. The van der Waals surface area contributed by atoms with E-state index >= 15 is 0 Å². The second kappa shape index (κ2) is 2.24. The fourth-order valence-electron chi connectivity index (χ4n) is 0.546. The van der Waals surface area contributed by atoms with Crippen molar-refractivity contribution in [2.24, 2.45) is 5.84 Å². The number of hydrogen-bond acceptors (Lipinski definition) is 3. The number of rotatable bonds is 0. The lowest BCUT2D eigenvalue weighted by Crippen LogP contribution is -2.35. The van der Waals surface area contributed by atoms with Crippen LogP contribution in [0.5, 0.6) is 0 Å². The third-order valence-electron chi connectivity index (χ3n) is 1.03. The number of carbonyl (C=O) groups excluding carboxylic acids is 1. The summed E-state index contributed by atoms with van der Waals surface area (Å²) in [5.41, 5.74) is 0. The Hall–Kier alpha value is -0.740. The smallest absolute Gasteiger partial charge is 0.245 e. The zero-order valence-electron chi connectivity index (χ0n) is 4.70. The topological polar surface area (TPSA) is 46.3 Å². The largest absolute Gasteiger partial charge is 0.273 e. The first-order chi connectivity index (χ1) is 4.20. The van der Waals surface area contributed by atoms with Crippen LogP contribution < -0.4 is 5.84 Å². The number of amides is 1. The summed E-state index contributed by atoms with van der Waals surface area (Å²) < 4.78 is 0. The van der Waals surface area contributed by atoms with E-state index in [9.17, 15) is 4.79 Å². The van der Waals surface area contributed by atoms with E-state index in [0.717, 1.165) is 5.01 Å². The van der Waals surface area contributed by atoms with Crippen molar-refractivity contribution < 1.29 is 4.79 Å². The van der Waals surface area contributed by atoms with Crippen molar-refractivity contribution in [3.8, 4) is 0 Å². The molecule has 0 unspecified atom stereocenters. The predicted molar refractivity (Wildman–Crippen MR) is 37.4 cm³/mol. The predicted octanol–water partition coefficient (Wildman–Crippen LogP) is -0.0240. The third kappa shape index (κ3) is 1.34. The lowest BCUT2D eigenvalue weighted by Gasteiger charge is -2.14. The van der Waals surface area contributed by atoms with Crippen LogP contribution in [0.1, 0.15) is 6.42 Å². The van der Waals surface area contributed by atoms with Crippen molar-refractivity contribution in [3.63, 3.8) is 0 Å². The second-order valence-electron chi connectivity index (χ2n) is 1.76. The number of nitrogens with zero attached hydrogens (tertiary/aromatic N) is 1. The van der Waals surface area contributed by atoms with Crippen LogP contribution in [0, 0.1) is 0 Å². The SMILES string of the molecule is NN1C=CC(=S)CC1=O. The molecule has 1 rings (SSSR count). The van der Waals surface area contributed by atoms with E-state index in [1.54, 1.807) is 6.08 Å². The van der Waals surface area contributed by atoms with Gasteiger partial charge in [-0.1, -0.05) is 12.2 Å². The molecule has 3 nitrogen and oxygen atoms in total. The molecule has 0 saturated heterocycles. The molecule has 0 spiro atoms. The summed E-state index contributed by atoms with van der Waals surface area (Å²) in [6.45, 7) is 0. The summed E-state index contributed by atoms with van der Waals surface area (Å²) in [7, 11) is 0. The molecule has 0 aromatic heterocycles. The van der Waals surface area contributed by atoms with Crippen LogP contribution in [0.15, 0.2) is 12.3 Å². The Kier molecular flexibility index (Phi) is 1.59. The minimum Gasteiger partial charge on any atom is -0.273 e. The molecule has 0 aromatic rings. The van der Waals surface area contributed by atoms with Crippen molar-refractivity contribution >= 4 is 23.0 Å². The van der Waals surface area contributed by atoms with E-state index in [0.29, 0.717) is 4.86 Å². The maximum Gasteiger partial charge on any atom is 0.245 e. The Labute approximate surface area is 58.1 Å². The molecule has 48 valence electrons. The number of carbonyl (C=O) groups is 1. The van der Waals surface area contributed by atoms with E-state index in [1.165, 1.54) is 6.20 Å². The van der Waals surface area contributed by atoms with Crippen LogP contribution >= 0.6 is 12.2 Å². The molecule has 0 aromatic carbocycles. The van der Waals surface area contributed by atoms with Gasteiger partial charge < -0.3 is 0 Å². The highest BCUT2D eigenvalue weighted by atomic mass is 32.1. The van der Waals surface area contributed by atoms with E-state index < -0.39 is 0 Å². The van der Waals surface area contributed by atoms with Gasteiger partial charge in [-0.2, -0.15) is 0 Å². The van der Waals surface area contributed by atoms with Gasteiger partial charge in [0.15, 0.2) is 0 Å². The van der Waals surface area contributed by atoms with E-state index in [4.69, 9.17) is 18.1 Å². The zero-order valence-corrected chi connectivity index (χ0v) is 5.52. The second-order valence-corrected chi connectivity index (χ2v) is 2.28. The molecule has 0 atom stereocenters. The molecule has 1 aliphatic rings. The fraction of sp³-hybridized carbons (Fsp3) is 0.200. The van der Waals surface area contributed by atoms with Gasteiger partial charge in [-0.3, -0.25) is 9.80 Å². The van der Waals surface area contributed by atoms with Crippen molar-refractivity contribution in [2.75, 3.05) is 0 Å². The molecule has 0 saturated carbocycles. The van der Waals surface area contributed by atoms with Gasteiger partial charge in [0.2, 0.25) is 5.91 Å². The highest BCUT2D eigenvalue weighted by Crippen LogP contribution is 2.00. The van der Waals surface area contributed by atoms with Gasteiger partial charge in [0.25, 0.3) is 0 Å². The van der Waals surface area contributed by atoms with E-state index in [-0.39, 0.29) is 12.3 Å². The minimum atomic E-state index is -0.150. The number of nitrogens with two attached hydrogens (primary N) is 1. The molecule has 0 radical (unpaired) electrons. The summed E-state index contributed by atoms with van der Waals surface area (Å²) in [6.07, 6.45) is 3.38. The molecular weight excluding hydrogens is 136 g/mol. The molecule has 4 heteroatoms. The summed E-state index contributed by atoms with van der Waals surface area (Å²) >= 11 is 4.75. The van der Waals surface area contributed by atoms with Gasteiger partial charge in [0.05, 0.1) is 6.42 Å². The van der Waals surface area contributed by atoms with Crippen LogP contribution in [0.25, 0.3) is 0 Å². The fourth-order valence-corrected chi connectivity index (χ4v) is 0.730. The van der Waals surface area contributed by atoms with Crippen LogP contribution in [-0.4, -0.2) is 15.8 Å². The van der Waals surface area contributed by atoms with Crippen LogP contribution in [0.4, 0.5) is 0 Å².